The lowest BCUT2D eigenvalue weighted by atomic mass is 10.1. The summed E-state index contributed by atoms with van der Waals surface area (Å²) < 4.78 is 26.3. The predicted octanol–water partition coefficient (Wildman–Crippen LogP) is -0.162. The predicted molar refractivity (Wildman–Crippen MR) is 72.5 cm³/mol. The fraction of sp³-hybridized carbons (Fsp3) is 0.364. The smallest absolute Gasteiger partial charge is 0.346 e. The van der Waals surface area contributed by atoms with Gasteiger partial charge in [0.1, 0.15) is 15.1 Å². The van der Waals surface area contributed by atoms with Crippen molar-refractivity contribution in [2.75, 3.05) is 0 Å². The molecule has 1 unspecified atom stereocenters. The molecule has 0 bridgehead atoms. The van der Waals surface area contributed by atoms with Gasteiger partial charge in [-0.1, -0.05) is 0 Å². The number of carboxylic acids is 1. The van der Waals surface area contributed by atoms with E-state index in [0.717, 1.165) is 0 Å². The molecule has 1 aliphatic heterocycles. The minimum Gasteiger partial charge on any atom is -0.477 e. The number of piperidine rings is 1. The summed E-state index contributed by atoms with van der Waals surface area (Å²) in [5.74, 6) is -2.36. The monoisotopic (exact) mass is 332 g/mol. The topological polar surface area (TPSA) is 130 Å². The van der Waals surface area contributed by atoms with Crippen LogP contribution in [0.3, 0.4) is 0 Å². The van der Waals surface area contributed by atoms with Crippen LogP contribution in [0.25, 0.3) is 0 Å². The van der Waals surface area contributed by atoms with Crippen molar-refractivity contribution in [3.8, 4) is 0 Å². The third kappa shape index (κ3) is 3.28. The molecule has 0 aliphatic carbocycles. The first-order valence-corrected chi connectivity index (χ1v) is 8.20. The number of imide groups is 1. The number of aryl methyl sites for hydroxylation is 1. The number of thiophene rings is 1. The highest BCUT2D eigenvalue weighted by molar-refractivity contribution is 7.91. The summed E-state index contributed by atoms with van der Waals surface area (Å²) >= 11 is 0.616. The second-order valence-corrected chi connectivity index (χ2v) is 7.50. The first kappa shape index (κ1) is 15.6. The van der Waals surface area contributed by atoms with Crippen molar-refractivity contribution in [3.05, 3.63) is 16.5 Å². The normalized spacial score (nSPS) is 19.4. The van der Waals surface area contributed by atoms with Crippen LogP contribution >= 0.6 is 11.3 Å². The average molecular weight is 332 g/mol. The second-order valence-electron chi connectivity index (χ2n) is 4.51. The molecule has 21 heavy (non-hydrogen) atoms. The zero-order valence-electron chi connectivity index (χ0n) is 10.9. The van der Waals surface area contributed by atoms with Gasteiger partial charge in [0.2, 0.25) is 11.8 Å². The first-order chi connectivity index (χ1) is 9.70. The molecular formula is C11H12N2O6S2. The van der Waals surface area contributed by atoms with Crippen LogP contribution in [0.5, 0.6) is 0 Å². The molecule has 10 heteroatoms. The molecule has 0 radical (unpaired) electrons. The highest BCUT2D eigenvalue weighted by Crippen LogP contribution is 2.26. The van der Waals surface area contributed by atoms with Gasteiger partial charge in [-0.25, -0.2) is 13.2 Å². The van der Waals surface area contributed by atoms with Gasteiger partial charge in [-0.3, -0.25) is 14.9 Å². The van der Waals surface area contributed by atoms with Gasteiger partial charge in [0.25, 0.3) is 10.0 Å². The number of nitrogens with one attached hydrogen (secondary N) is 2. The van der Waals surface area contributed by atoms with Crippen LogP contribution in [0, 0.1) is 6.92 Å². The van der Waals surface area contributed by atoms with E-state index in [4.69, 9.17) is 5.11 Å². The van der Waals surface area contributed by atoms with Crippen molar-refractivity contribution in [3.63, 3.8) is 0 Å². The fourth-order valence-electron chi connectivity index (χ4n) is 1.85. The van der Waals surface area contributed by atoms with Gasteiger partial charge in [-0.2, -0.15) is 4.72 Å². The van der Waals surface area contributed by atoms with Crippen molar-refractivity contribution in [2.45, 2.75) is 30.0 Å². The maximum Gasteiger partial charge on any atom is 0.346 e. The highest BCUT2D eigenvalue weighted by atomic mass is 32.2. The van der Waals surface area contributed by atoms with Gasteiger partial charge in [0.05, 0.1) is 0 Å². The molecule has 0 saturated carbocycles. The molecule has 0 aromatic carbocycles. The number of carbonyl (C=O) groups is 3. The van der Waals surface area contributed by atoms with E-state index in [2.05, 4.69) is 4.72 Å². The van der Waals surface area contributed by atoms with E-state index in [-0.39, 0.29) is 21.9 Å². The Balaban J connectivity index is 2.23. The molecule has 0 spiro atoms. The zero-order valence-corrected chi connectivity index (χ0v) is 12.5. The van der Waals surface area contributed by atoms with E-state index in [0.29, 0.717) is 16.9 Å². The minimum absolute atomic E-state index is 0.0444. The molecule has 1 atom stereocenters. The lowest BCUT2D eigenvalue weighted by Gasteiger charge is -2.21. The van der Waals surface area contributed by atoms with Gasteiger partial charge < -0.3 is 5.11 Å². The van der Waals surface area contributed by atoms with Gasteiger partial charge in [0, 0.05) is 6.42 Å². The van der Waals surface area contributed by atoms with Crippen LogP contribution in [0.4, 0.5) is 0 Å². The summed E-state index contributed by atoms with van der Waals surface area (Å²) in [7, 11) is -4.01. The molecule has 2 amide bonds. The largest absolute Gasteiger partial charge is 0.477 e. The Morgan fingerprint density at radius 3 is 2.67 bits per heavy atom. The number of amides is 2. The number of sulfonamides is 1. The van der Waals surface area contributed by atoms with Crippen molar-refractivity contribution in [1.82, 2.24) is 10.0 Å². The molecule has 114 valence electrons. The van der Waals surface area contributed by atoms with Crippen LogP contribution in [-0.4, -0.2) is 37.3 Å². The number of carboxylic acid groups (broad SMARTS) is 1. The number of hydrogen-bond donors (Lipinski definition) is 3. The molecule has 3 N–H and O–H groups in total. The summed E-state index contributed by atoms with van der Waals surface area (Å²) in [6.07, 6.45) is 0.114. The van der Waals surface area contributed by atoms with Gasteiger partial charge in [0.15, 0.2) is 0 Å². The third-order valence-corrected chi connectivity index (χ3v) is 6.06. The van der Waals surface area contributed by atoms with E-state index >= 15 is 0 Å². The Morgan fingerprint density at radius 1 is 1.48 bits per heavy atom. The van der Waals surface area contributed by atoms with Crippen molar-refractivity contribution < 1.29 is 27.9 Å². The summed E-state index contributed by atoms with van der Waals surface area (Å²) in [5, 5.41) is 11.0. The van der Waals surface area contributed by atoms with E-state index in [1.807, 2.05) is 5.32 Å². The molecule has 8 nitrogen and oxygen atoms in total. The van der Waals surface area contributed by atoms with Crippen molar-refractivity contribution in [2.24, 2.45) is 0 Å². The van der Waals surface area contributed by atoms with Gasteiger partial charge >= 0.3 is 5.97 Å². The molecule has 1 aliphatic rings. The molecule has 1 aromatic rings. The Bertz CT molecular complexity index is 721. The Labute approximate surface area is 124 Å². The molecule has 2 heterocycles. The van der Waals surface area contributed by atoms with E-state index < -0.39 is 33.8 Å². The zero-order chi connectivity index (χ0) is 15.8. The number of carbonyl (C=O) groups excluding carboxylic acids is 2. The summed E-state index contributed by atoms with van der Waals surface area (Å²) in [4.78, 5) is 33.4. The van der Waals surface area contributed by atoms with Crippen LogP contribution in [0.2, 0.25) is 0 Å². The molecule has 2 rings (SSSR count). The maximum atomic E-state index is 12.2. The summed E-state index contributed by atoms with van der Waals surface area (Å²) in [5.41, 5.74) is 0.330. The maximum absolute atomic E-state index is 12.2. The van der Waals surface area contributed by atoms with Crippen molar-refractivity contribution >= 4 is 39.1 Å². The second kappa shape index (κ2) is 5.54. The van der Waals surface area contributed by atoms with E-state index in [1.165, 1.54) is 13.0 Å². The van der Waals surface area contributed by atoms with Crippen LogP contribution in [0.1, 0.15) is 28.1 Å². The fourth-order valence-corrected chi connectivity index (χ4v) is 4.47. The summed E-state index contributed by atoms with van der Waals surface area (Å²) in [6.45, 7) is 1.49. The minimum atomic E-state index is -4.01. The van der Waals surface area contributed by atoms with Crippen LogP contribution < -0.4 is 10.0 Å². The summed E-state index contributed by atoms with van der Waals surface area (Å²) in [6, 6.07) is 0.200. The lowest BCUT2D eigenvalue weighted by molar-refractivity contribution is -0.134. The van der Waals surface area contributed by atoms with E-state index in [1.54, 1.807) is 0 Å². The first-order valence-electron chi connectivity index (χ1n) is 5.90. The Morgan fingerprint density at radius 2 is 2.14 bits per heavy atom. The Kier molecular flexibility index (Phi) is 4.12. The Hall–Kier alpha value is -1.78. The number of rotatable bonds is 4. The quantitative estimate of drug-likeness (QED) is 0.657. The van der Waals surface area contributed by atoms with Crippen LogP contribution in [0.15, 0.2) is 10.3 Å². The lowest BCUT2D eigenvalue weighted by Crippen LogP contribution is -2.52. The van der Waals surface area contributed by atoms with Crippen LogP contribution in [-0.2, 0) is 19.6 Å². The average Bonchev–Trinajstić information content (AvgIpc) is 2.76. The van der Waals surface area contributed by atoms with E-state index in [9.17, 15) is 22.8 Å². The molecule has 1 fully saturated rings. The number of hydrogen-bond acceptors (Lipinski definition) is 6. The van der Waals surface area contributed by atoms with Crippen molar-refractivity contribution in [1.29, 1.82) is 0 Å². The van der Waals surface area contributed by atoms with Gasteiger partial charge in [-0.05, 0) is 25.0 Å². The molecule has 1 aromatic heterocycles. The molecular weight excluding hydrogens is 320 g/mol. The number of aromatic carboxylic acids is 1. The third-order valence-electron chi connectivity index (χ3n) is 2.89. The highest BCUT2D eigenvalue weighted by Gasteiger charge is 2.32. The standard InChI is InChI=1S/C11H12N2O6S2/c1-5-4-8(20-9(5)11(16)17)21(18,19)13-6-2-3-7(14)12-10(6)15/h4,6,13H,2-3H2,1H3,(H,16,17)(H,12,14,15). The van der Waals surface area contributed by atoms with Gasteiger partial charge in [-0.15, -0.1) is 11.3 Å². The molecule has 1 saturated heterocycles. The SMILES string of the molecule is Cc1cc(S(=O)(=O)NC2CCC(=O)NC2=O)sc1C(=O)O.